The van der Waals surface area contributed by atoms with Gasteiger partial charge in [0.15, 0.2) is 0 Å². The standard InChI is InChI=1S/C8H11F3N2O3S/c1-6-7(4-16-17(2,14)15)3-13(12-6)5-8(9,10)11/h3H,4-5H2,1-2H3. The highest BCUT2D eigenvalue weighted by Crippen LogP contribution is 2.18. The largest absolute Gasteiger partial charge is 0.408 e. The minimum Gasteiger partial charge on any atom is -0.265 e. The smallest absolute Gasteiger partial charge is 0.265 e. The Kier molecular flexibility index (Phi) is 3.82. The maximum atomic E-state index is 12.1. The summed E-state index contributed by atoms with van der Waals surface area (Å²) in [6, 6.07) is 0. The summed E-state index contributed by atoms with van der Waals surface area (Å²) >= 11 is 0. The van der Waals surface area contributed by atoms with E-state index in [2.05, 4.69) is 9.28 Å². The highest BCUT2D eigenvalue weighted by Gasteiger charge is 2.28. The van der Waals surface area contributed by atoms with E-state index in [1.165, 1.54) is 6.92 Å². The van der Waals surface area contributed by atoms with Gasteiger partial charge in [-0.05, 0) is 6.92 Å². The van der Waals surface area contributed by atoms with E-state index in [1.807, 2.05) is 0 Å². The lowest BCUT2D eigenvalue weighted by molar-refractivity contribution is -0.142. The molecule has 17 heavy (non-hydrogen) atoms. The molecule has 98 valence electrons. The Hall–Kier alpha value is -1.09. The van der Waals surface area contributed by atoms with Crippen molar-refractivity contribution in [2.45, 2.75) is 26.3 Å². The number of alkyl halides is 3. The van der Waals surface area contributed by atoms with Crippen molar-refractivity contribution in [3.05, 3.63) is 17.5 Å². The van der Waals surface area contributed by atoms with Crippen molar-refractivity contribution < 1.29 is 25.8 Å². The van der Waals surface area contributed by atoms with Crippen molar-refractivity contribution in [1.82, 2.24) is 9.78 Å². The van der Waals surface area contributed by atoms with Gasteiger partial charge in [-0.15, -0.1) is 0 Å². The van der Waals surface area contributed by atoms with Gasteiger partial charge in [0.1, 0.15) is 6.54 Å². The summed E-state index contributed by atoms with van der Waals surface area (Å²) < 4.78 is 62.8. The summed E-state index contributed by atoms with van der Waals surface area (Å²) in [6.45, 7) is -0.0525. The van der Waals surface area contributed by atoms with E-state index >= 15 is 0 Å². The SMILES string of the molecule is Cc1nn(CC(F)(F)F)cc1COS(C)(=O)=O. The molecule has 1 rings (SSSR count). The number of aromatic nitrogens is 2. The molecule has 0 fully saturated rings. The van der Waals surface area contributed by atoms with Crippen molar-refractivity contribution in [3.8, 4) is 0 Å². The Morgan fingerprint density at radius 1 is 1.47 bits per heavy atom. The molecule has 1 aromatic rings. The van der Waals surface area contributed by atoms with Gasteiger partial charge in [-0.1, -0.05) is 0 Å². The summed E-state index contributed by atoms with van der Waals surface area (Å²) in [5.74, 6) is 0. The Bertz CT molecular complexity index is 493. The van der Waals surface area contributed by atoms with Crippen molar-refractivity contribution in [2.75, 3.05) is 6.26 Å². The molecule has 0 saturated heterocycles. The number of halogens is 3. The first kappa shape index (κ1) is 14.0. The van der Waals surface area contributed by atoms with Gasteiger partial charge >= 0.3 is 6.18 Å². The van der Waals surface area contributed by atoms with Crippen LogP contribution in [0.2, 0.25) is 0 Å². The fourth-order valence-corrected chi connectivity index (χ4v) is 1.48. The molecule has 1 heterocycles. The monoisotopic (exact) mass is 272 g/mol. The highest BCUT2D eigenvalue weighted by atomic mass is 32.2. The normalized spacial score (nSPS) is 13.0. The van der Waals surface area contributed by atoms with Gasteiger partial charge in [0.05, 0.1) is 18.6 Å². The maximum Gasteiger partial charge on any atom is 0.408 e. The van der Waals surface area contributed by atoms with Crippen LogP contribution in [0.4, 0.5) is 13.2 Å². The summed E-state index contributed by atoms with van der Waals surface area (Å²) in [4.78, 5) is 0. The molecular weight excluding hydrogens is 261 g/mol. The zero-order valence-electron chi connectivity index (χ0n) is 9.15. The molecule has 0 aliphatic rings. The van der Waals surface area contributed by atoms with Crippen LogP contribution in [-0.2, 0) is 27.5 Å². The van der Waals surface area contributed by atoms with Crippen LogP contribution in [0.1, 0.15) is 11.3 Å². The molecule has 5 nitrogen and oxygen atoms in total. The lowest BCUT2D eigenvalue weighted by Gasteiger charge is -2.05. The minimum atomic E-state index is -4.37. The molecule has 0 aromatic carbocycles. The van der Waals surface area contributed by atoms with Gasteiger partial charge in [-0.2, -0.15) is 26.7 Å². The molecule has 0 spiro atoms. The predicted molar refractivity (Wildman–Crippen MR) is 52.7 cm³/mol. The summed E-state index contributed by atoms with van der Waals surface area (Å²) in [6.07, 6.45) is -2.39. The summed E-state index contributed by atoms with van der Waals surface area (Å²) in [5, 5.41) is 3.62. The van der Waals surface area contributed by atoms with Crippen LogP contribution < -0.4 is 0 Å². The Labute approximate surface area is 96.3 Å². The van der Waals surface area contributed by atoms with Crippen molar-refractivity contribution in [1.29, 1.82) is 0 Å². The van der Waals surface area contributed by atoms with Gasteiger partial charge in [0.2, 0.25) is 0 Å². The molecule has 0 unspecified atom stereocenters. The average Bonchev–Trinajstić information content (AvgIpc) is 2.38. The second kappa shape index (κ2) is 4.65. The topological polar surface area (TPSA) is 61.2 Å². The average molecular weight is 272 g/mol. The van der Waals surface area contributed by atoms with Crippen LogP contribution in [0, 0.1) is 6.92 Å². The number of hydrogen-bond donors (Lipinski definition) is 0. The minimum absolute atomic E-state index is 0.304. The Morgan fingerprint density at radius 3 is 2.53 bits per heavy atom. The zero-order chi connectivity index (χ0) is 13.3. The summed E-state index contributed by atoms with van der Waals surface area (Å²) in [5.41, 5.74) is 0.609. The fraction of sp³-hybridized carbons (Fsp3) is 0.625. The van der Waals surface area contributed by atoms with Gasteiger partial charge in [-0.25, -0.2) is 0 Å². The van der Waals surface area contributed by atoms with Crippen molar-refractivity contribution in [2.24, 2.45) is 0 Å². The van der Waals surface area contributed by atoms with Gasteiger partial charge in [0.25, 0.3) is 10.1 Å². The molecule has 0 aliphatic carbocycles. The third kappa shape index (κ3) is 5.18. The van der Waals surface area contributed by atoms with Crippen LogP contribution in [0.5, 0.6) is 0 Å². The Balaban J connectivity index is 2.75. The van der Waals surface area contributed by atoms with Crippen LogP contribution in [0.3, 0.4) is 0 Å². The molecule has 0 atom stereocenters. The number of hydrogen-bond acceptors (Lipinski definition) is 4. The third-order valence-electron chi connectivity index (χ3n) is 1.82. The molecule has 0 bridgehead atoms. The first-order chi connectivity index (χ1) is 7.57. The van der Waals surface area contributed by atoms with E-state index in [0.29, 0.717) is 15.9 Å². The van der Waals surface area contributed by atoms with Gasteiger partial charge < -0.3 is 0 Å². The quantitative estimate of drug-likeness (QED) is 0.773. The predicted octanol–water partition coefficient (Wildman–Crippen LogP) is 1.23. The van der Waals surface area contributed by atoms with Crippen LogP contribution in [0.25, 0.3) is 0 Å². The van der Waals surface area contributed by atoms with E-state index < -0.39 is 22.8 Å². The molecule has 0 N–H and O–H groups in total. The highest BCUT2D eigenvalue weighted by molar-refractivity contribution is 7.85. The van der Waals surface area contributed by atoms with Crippen LogP contribution >= 0.6 is 0 Å². The molecule has 0 radical (unpaired) electrons. The molecular formula is C8H11F3N2O3S. The van der Waals surface area contributed by atoms with E-state index in [4.69, 9.17) is 0 Å². The van der Waals surface area contributed by atoms with Crippen LogP contribution in [0.15, 0.2) is 6.20 Å². The first-order valence-electron chi connectivity index (χ1n) is 4.51. The molecule has 0 amide bonds. The fourth-order valence-electron chi connectivity index (χ4n) is 1.14. The van der Waals surface area contributed by atoms with Gasteiger partial charge in [-0.3, -0.25) is 8.86 Å². The van der Waals surface area contributed by atoms with E-state index in [9.17, 15) is 21.6 Å². The Morgan fingerprint density at radius 2 is 2.06 bits per heavy atom. The van der Waals surface area contributed by atoms with Crippen molar-refractivity contribution in [3.63, 3.8) is 0 Å². The van der Waals surface area contributed by atoms with Crippen molar-refractivity contribution >= 4 is 10.1 Å². The first-order valence-corrected chi connectivity index (χ1v) is 6.32. The molecule has 0 saturated carbocycles. The zero-order valence-corrected chi connectivity index (χ0v) is 9.97. The van der Waals surface area contributed by atoms with E-state index in [0.717, 1.165) is 12.5 Å². The molecule has 9 heteroatoms. The number of nitrogens with zero attached hydrogens (tertiary/aromatic N) is 2. The van der Waals surface area contributed by atoms with Gasteiger partial charge in [0, 0.05) is 11.8 Å². The van der Waals surface area contributed by atoms with Crippen LogP contribution in [-0.4, -0.2) is 30.6 Å². The molecule has 0 aliphatic heterocycles. The lowest BCUT2D eigenvalue weighted by atomic mass is 10.3. The van der Waals surface area contributed by atoms with E-state index in [1.54, 1.807) is 0 Å². The third-order valence-corrected chi connectivity index (χ3v) is 2.36. The molecule has 1 aromatic heterocycles. The maximum absolute atomic E-state index is 12.1. The number of aryl methyl sites for hydroxylation is 1. The lowest BCUT2D eigenvalue weighted by Crippen LogP contribution is -2.18. The van der Waals surface area contributed by atoms with E-state index in [-0.39, 0.29) is 6.61 Å². The summed E-state index contributed by atoms with van der Waals surface area (Å²) in [7, 11) is -3.62. The second-order valence-electron chi connectivity index (χ2n) is 3.52. The number of rotatable bonds is 4. The second-order valence-corrected chi connectivity index (χ2v) is 5.16.